The van der Waals surface area contributed by atoms with Crippen molar-refractivity contribution in [1.29, 1.82) is 5.26 Å². The average molecular weight is 227 g/mol. The monoisotopic (exact) mass is 226 g/mol. The maximum Gasteiger partial charge on any atom is 0.250 e. The summed E-state index contributed by atoms with van der Waals surface area (Å²) in [4.78, 5) is 10.8. The van der Waals surface area contributed by atoms with Gasteiger partial charge in [-0.1, -0.05) is 17.7 Å². The number of nitrogens with zero attached hydrogens (tertiary/aromatic N) is 1. The second-order valence-corrected chi connectivity index (χ2v) is 3.30. The zero-order valence-corrected chi connectivity index (χ0v) is 8.51. The normalized spacial score (nSPS) is 9.67. The summed E-state index contributed by atoms with van der Waals surface area (Å²) in [5.74, 6) is -1.45. The molecule has 1 rings (SSSR count). The zero-order chi connectivity index (χ0) is 11.4. The number of primary amides is 1. The zero-order valence-electron chi connectivity index (χ0n) is 7.76. The summed E-state index contributed by atoms with van der Waals surface area (Å²) in [5, 5.41) is 8.07. The SMILES string of the molecule is N#CCCc1ccc(C(N)=O)c(Cl)c1F. The molecule has 78 valence electrons. The van der Waals surface area contributed by atoms with E-state index in [1.807, 2.05) is 6.07 Å². The minimum absolute atomic E-state index is 0.0464. The molecule has 0 aromatic heterocycles. The van der Waals surface area contributed by atoms with Gasteiger partial charge in [0.25, 0.3) is 0 Å². The van der Waals surface area contributed by atoms with E-state index in [9.17, 15) is 9.18 Å². The van der Waals surface area contributed by atoms with Gasteiger partial charge in [-0.15, -0.1) is 0 Å². The number of amides is 1. The van der Waals surface area contributed by atoms with Crippen LogP contribution >= 0.6 is 11.6 Å². The van der Waals surface area contributed by atoms with Crippen LogP contribution < -0.4 is 5.73 Å². The third-order valence-electron chi connectivity index (χ3n) is 1.93. The fourth-order valence-electron chi connectivity index (χ4n) is 1.16. The van der Waals surface area contributed by atoms with Crippen LogP contribution in [0.15, 0.2) is 12.1 Å². The number of nitrogens with two attached hydrogens (primary N) is 1. The quantitative estimate of drug-likeness (QED) is 0.857. The molecule has 0 saturated heterocycles. The van der Waals surface area contributed by atoms with Gasteiger partial charge in [-0.3, -0.25) is 4.79 Å². The maximum absolute atomic E-state index is 13.5. The molecule has 0 aliphatic rings. The van der Waals surface area contributed by atoms with Crippen molar-refractivity contribution >= 4 is 17.5 Å². The van der Waals surface area contributed by atoms with Gasteiger partial charge in [0.15, 0.2) is 0 Å². The van der Waals surface area contributed by atoms with Gasteiger partial charge in [-0.05, 0) is 18.1 Å². The summed E-state index contributed by atoms with van der Waals surface area (Å²) in [6.07, 6.45) is 0.463. The Labute approximate surface area is 91.3 Å². The van der Waals surface area contributed by atoms with Crippen molar-refractivity contribution in [3.8, 4) is 6.07 Å². The fraction of sp³-hybridized carbons (Fsp3) is 0.200. The Morgan fingerprint density at radius 2 is 2.27 bits per heavy atom. The second-order valence-electron chi connectivity index (χ2n) is 2.92. The first kappa shape index (κ1) is 11.5. The lowest BCUT2D eigenvalue weighted by Crippen LogP contribution is -2.12. The highest BCUT2D eigenvalue weighted by Gasteiger charge is 2.14. The molecule has 0 saturated carbocycles. The van der Waals surface area contributed by atoms with Gasteiger partial charge in [-0.2, -0.15) is 5.26 Å². The van der Waals surface area contributed by atoms with Gasteiger partial charge in [0.1, 0.15) is 5.82 Å². The van der Waals surface area contributed by atoms with E-state index in [1.165, 1.54) is 12.1 Å². The number of carbonyl (C=O) groups excluding carboxylic acids is 1. The predicted octanol–water partition coefficient (Wildman–Crippen LogP) is 2.03. The highest BCUT2D eigenvalue weighted by molar-refractivity contribution is 6.34. The third-order valence-corrected chi connectivity index (χ3v) is 2.30. The second kappa shape index (κ2) is 4.76. The van der Waals surface area contributed by atoms with E-state index in [0.29, 0.717) is 5.56 Å². The van der Waals surface area contributed by atoms with Crippen LogP contribution in [0.2, 0.25) is 5.02 Å². The van der Waals surface area contributed by atoms with E-state index in [0.717, 1.165) is 0 Å². The van der Waals surface area contributed by atoms with E-state index in [-0.39, 0.29) is 23.4 Å². The first-order valence-electron chi connectivity index (χ1n) is 4.21. The molecule has 0 unspecified atom stereocenters. The Morgan fingerprint density at radius 3 is 2.80 bits per heavy atom. The van der Waals surface area contributed by atoms with Crippen molar-refractivity contribution in [2.24, 2.45) is 5.73 Å². The maximum atomic E-state index is 13.5. The molecule has 2 N–H and O–H groups in total. The molecule has 0 bridgehead atoms. The summed E-state index contributed by atoms with van der Waals surface area (Å²) >= 11 is 5.61. The van der Waals surface area contributed by atoms with Crippen LogP contribution in [-0.4, -0.2) is 5.91 Å². The topological polar surface area (TPSA) is 66.9 Å². The van der Waals surface area contributed by atoms with Crippen LogP contribution in [0.3, 0.4) is 0 Å². The lowest BCUT2D eigenvalue weighted by atomic mass is 10.1. The van der Waals surface area contributed by atoms with Crippen molar-refractivity contribution in [3.63, 3.8) is 0 Å². The highest BCUT2D eigenvalue weighted by Crippen LogP contribution is 2.23. The van der Waals surface area contributed by atoms with Gasteiger partial charge < -0.3 is 5.73 Å². The first-order chi connectivity index (χ1) is 7.07. The van der Waals surface area contributed by atoms with Crippen LogP contribution in [-0.2, 0) is 6.42 Å². The summed E-state index contributed by atoms with van der Waals surface area (Å²) in [6.45, 7) is 0. The van der Waals surface area contributed by atoms with Gasteiger partial charge in [0.2, 0.25) is 5.91 Å². The number of benzene rings is 1. The average Bonchev–Trinajstić information content (AvgIpc) is 2.20. The molecule has 0 atom stereocenters. The molecule has 1 aromatic rings. The lowest BCUT2D eigenvalue weighted by Gasteiger charge is -2.05. The lowest BCUT2D eigenvalue weighted by molar-refractivity contribution is 0.1000. The van der Waals surface area contributed by atoms with Crippen LogP contribution in [0.25, 0.3) is 0 Å². The van der Waals surface area contributed by atoms with Crippen molar-refractivity contribution < 1.29 is 9.18 Å². The highest BCUT2D eigenvalue weighted by atomic mass is 35.5. The Hall–Kier alpha value is -1.60. The molecule has 0 aliphatic heterocycles. The summed E-state index contributed by atoms with van der Waals surface area (Å²) in [5.41, 5.74) is 5.26. The number of rotatable bonds is 3. The Balaban J connectivity index is 3.11. The Bertz CT molecular complexity index is 440. The largest absolute Gasteiger partial charge is 0.366 e. The molecular formula is C10H8ClFN2O. The molecule has 1 aromatic carbocycles. The molecule has 1 amide bonds. The number of nitriles is 1. The fourth-order valence-corrected chi connectivity index (χ4v) is 1.44. The molecule has 0 heterocycles. The van der Waals surface area contributed by atoms with Crippen molar-refractivity contribution in [3.05, 3.63) is 34.1 Å². The summed E-state index contributed by atoms with van der Waals surface area (Å²) < 4.78 is 13.5. The third kappa shape index (κ3) is 2.45. The van der Waals surface area contributed by atoms with Crippen LogP contribution in [0.1, 0.15) is 22.3 Å². The van der Waals surface area contributed by atoms with E-state index in [4.69, 9.17) is 22.6 Å². The van der Waals surface area contributed by atoms with Crippen molar-refractivity contribution in [2.75, 3.05) is 0 Å². The van der Waals surface area contributed by atoms with Crippen molar-refractivity contribution in [2.45, 2.75) is 12.8 Å². The number of hydrogen-bond donors (Lipinski definition) is 1. The van der Waals surface area contributed by atoms with Crippen molar-refractivity contribution in [1.82, 2.24) is 0 Å². The smallest absolute Gasteiger partial charge is 0.250 e. The molecule has 15 heavy (non-hydrogen) atoms. The van der Waals surface area contributed by atoms with Crippen LogP contribution in [0, 0.1) is 17.1 Å². The summed E-state index contributed by atoms with van der Waals surface area (Å²) in [6, 6.07) is 4.68. The van der Waals surface area contributed by atoms with Crippen LogP contribution in [0.5, 0.6) is 0 Å². The molecule has 0 radical (unpaired) electrons. The van der Waals surface area contributed by atoms with Gasteiger partial charge in [0.05, 0.1) is 16.7 Å². The van der Waals surface area contributed by atoms with Gasteiger partial charge in [-0.25, -0.2) is 4.39 Å². The molecular weight excluding hydrogens is 219 g/mol. The molecule has 5 heteroatoms. The van der Waals surface area contributed by atoms with Crippen LogP contribution in [0.4, 0.5) is 4.39 Å². The standard InChI is InChI=1S/C10H8ClFN2O/c11-8-7(10(14)15)4-3-6(9(8)12)2-1-5-13/h3-4H,1-2H2,(H2,14,15). The number of carbonyl (C=O) groups is 1. The number of hydrogen-bond acceptors (Lipinski definition) is 2. The van der Waals surface area contributed by atoms with E-state index in [1.54, 1.807) is 0 Å². The predicted molar refractivity (Wildman–Crippen MR) is 53.9 cm³/mol. The van der Waals surface area contributed by atoms with Gasteiger partial charge in [0, 0.05) is 6.42 Å². The molecule has 0 aliphatic carbocycles. The van der Waals surface area contributed by atoms with E-state index in [2.05, 4.69) is 0 Å². The molecule has 0 fully saturated rings. The molecule has 3 nitrogen and oxygen atoms in total. The number of aryl methyl sites for hydroxylation is 1. The van der Waals surface area contributed by atoms with Gasteiger partial charge >= 0.3 is 0 Å². The van der Waals surface area contributed by atoms with E-state index >= 15 is 0 Å². The number of halogens is 2. The van der Waals surface area contributed by atoms with E-state index < -0.39 is 11.7 Å². The first-order valence-corrected chi connectivity index (χ1v) is 4.59. The Kier molecular flexibility index (Phi) is 3.64. The Morgan fingerprint density at radius 1 is 1.60 bits per heavy atom. The minimum atomic E-state index is -0.772. The molecule has 0 spiro atoms. The summed E-state index contributed by atoms with van der Waals surface area (Å²) in [7, 11) is 0. The minimum Gasteiger partial charge on any atom is -0.366 e.